The summed E-state index contributed by atoms with van der Waals surface area (Å²) in [6, 6.07) is 18.8. The predicted molar refractivity (Wildman–Crippen MR) is 86.5 cm³/mol. The fourth-order valence-corrected chi connectivity index (χ4v) is 2.32. The first-order chi connectivity index (χ1) is 10.6. The van der Waals surface area contributed by atoms with Crippen molar-refractivity contribution in [3.05, 3.63) is 71.8 Å². The van der Waals surface area contributed by atoms with Crippen molar-refractivity contribution in [3.8, 4) is 0 Å². The minimum absolute atomic E-state index is 0.00290. The highest BCUT2D eigenvalue weighted by atomic mass is 16.1. The Morgan fingerprint density at radius 2 is 1.55 bits per heavy atom. The van der Waals surface area contributed by atoms with Crippen molar-refractivity contribution in [2.24, 2.45) is 5.73 Å². The van der Waals surface area contributed by atoms with Crippen LogP contribution in [-0.4, -0.2) is 24.3 Å². The zero-order valence-electron chi connectivity index (χ0n) is 12.4. The first-order valence-electron chi connectivity index (χ1n) is 7.29. The Balaban J connectivity index is 1.95. The molecule has 0 aliphatic heterocycles. The first kappa shape index (κ1) is 15.9. The van der Waals surface area contributed by atoms with Crippen LogP contribution in [0.4, 0.5) is 0 Å². The monoisotopic (exact) mass is 296 g/mol. The van der Waals surface area contributed by atoms with Gasteiger partial charge in [0, 0.05) is 18.0 Å². The number of amides is 1. The number of carbonyl (C=O) groups is 2. The van der Waals surface area contributed by atoms with Crippen LogP contribution in [0.2, 0.25) is 0 Å². The third-order valence-corrected chi connectivity index (χ3v) is 3.42. The second-order valence-corrected chi connectivity index (χ2v) is 5.23. The van der Waals surface area contributed by atoms with E-state index in [0.717, 1.165) is 5.56 Å². The van der Waals surface area contributed by atoms with Crippen molar-refractivity contribution in [2.45, 2.75) is 18.9 Å². The lowest BCUT2D eigenvalue weighted by Gasteiger charge is -2.17. The van der Waals surface area contributed by atoms with Gasteiger partial charge in [-0.05, 0) is 12.0 Å². The molecule has 0 radical (unpaired) electrons. The molecule has 2 aromatic carbocycles. The van der Waals surface area contributed by atoms with Crippen molar-refractivity contribution in [2.75, 3.05) is 6.54 Å². The Morgan fingerprint density at radius 1 is 0.955 bits per heavy atom. The van der Waals surface area contributed by atoms with Gasteiger partial charge in [-0.3, -0.25) is 9.59 Å². The van der Waals surface area contributed by atoms with E-state index in [1.165, 1.54) is 0 Å². The molecule has 0 saturated carbocycles. The third kappa shape index (κ3) is 5.14. The quantitative estimate of drug-likeness (QED) is 0.731. The smallest absolute Gasteiger partial charge is 0.218 e. The molecule has 1 atom stereocenters. The van der Waals surface area contributed by atoms with Gasteiger partial charge >= 0.3 is 0 Å². The molecule has 0 heterocycles. The van der Waals surface area contributed by atoms with E-state index >= 15 is 0 Å². The van der Waals surface area contributed by atoms with Gasteiger partial charge in [0.05, 0.1) is 6.54 Å². The van der Waals surface area contributed by atoms with Crippen LogP contribution in [0.1, 0.15) is 22.3 Å². The third-order valence-electron chi connectivity index (χ3n) is 3.42. The molecule has 4 heteroatoms. The van der Waals surface area contributed by atoms with Gasteiger partial charge in [0.25, 0.3) is 0 Å². The molecule has 1 amide bonds. The molecular formula is C18H20N2O2. The average molecular weight is 296 g/mol. The van der Waals surface area contributed by atoms with Crippen LogP contribution < -0.4 is 11.1 Å². The number of hydrogen-bond acceptors (Lipinski definition) is 3. The molecule has 4 nitrogen and oxygen atoms in total. The average Bonchev–Trinajstić information content (AvgIpc) is 2.53. The van der Waals surface area contributed by atoms with E-state index in [9.17, 15) is 9.59 Å². The predicted octanol–water partition coefficient (Wildman–Crippen LogP) is 1.95. The summed E-state index contributed by atoms with van der Waals surface area (Å²) in [4.78, 5) is 23.3. The van der Waals surface area contributed by atoms with Gasteiger partial charge in [-0.15, -0.1) is 0 Å². The van der Waals surface area contributed by atoms with Crippen LogP contribution >= 0.6 is 0 Å². The molecule has 0 aliphatic carbocycles. The van der Waals surface area contributed by atoms with Crippen molar-refractivity contribution in [3.63, 3.8) is 0 Å². The first-order valence-corrected chi connectivity index (χ1v) is 7.29. The van der Waals surface area contributed by atoms with Crippen LogP contribution in [0, 0.1) is 0 Å². The highest BCUT2D eigenvalue weighted by molar-refractivity contribution is 5.97. The van der Waals surface area contributed by atoms with Gasteiger partial charge in [0.2, 0.25) is 5.91 Å². The van der Waals surface area contributed by atoms with Gasteiger partial charge in [-0.25, -0.2) is 0 Å². The Bertz CT molecular complexity index is 611. The van der Waals surface area contributed by atoms with E-state index < -0.39 is 0 Å². The largest absolute Gasteiger partial charge is 0.370 e. The lowest BCUT2D eigenvalue weighted by atomic mass is 10.0. The summed E-state index contributed by atoms with van der Waals surface area (Å²) in [6.07, 6.45) is 0.864. The maximum Gasteiger partial charge on any atom is 0.218 e. The number of hydrogen-bond donors (Lipinski definition) is 2. The Morgan fingerprint density at radius 3 is 2.14 bits per heavy atom. The van der Waals surface area contributed by atoms with E-state index in [1.54, 1.807) is 12.1 Å². The van der Waals surface area contributed by atoms with Gasteiger partial charge in [-0.1, -0.05) is 60.7 Å². The minimum atomic E-state index is -0.374. The summed E-state index contributed by atoms with van der Waals surface area (Å²) in [5.74, 6) is -0.372. The number of Topliss-reactive ketones (excluding diaryl/α,β-unsaturated/α-hetero) is 1. The van der Waals surface area contributed by atoms with Gasteiger partial charge in [-0.2, -0.15) is 0 Å². The highest BCUT2D eigenvalue weighted by Gasteiger charge is 2.14. The maximum atomic E-state index is 12.1. The van der Waals surface area contributed by atoms with Gasteiger partial charge in [0.15, 0.2) is 5.78 Å². The Labute approximate surface area is 130 Å². The summed E-state index contributed by atoms with van der Waals surface area (Å²) < 4.78 is 0. The SMILES string of the molecule is NC(=O)C[C@@H](Cc1ccccc1)NCC(=O)c1ccccc1. The highest BCUT2D eigenvalue weighted by Crippen LogP contribution is 2.06. The van der Waals surface area contributed by atoms with E-state index in [0.29, 0.717) is 12.0 Å². The number of carbonyl (C=O) groups excluding carboxylic acids is 2. The molecule has 22 heavy (non-hydrogen) atoms. The molecule has 0 fully saturated rings. The second kappa shape index (κ2) is 8.10. The Kier molecular flexibility index (Phi) is 5.86. The summed E-state index contributed by atoms with van der Waals surface area (Å²) in [6.45, 7) is 0.189. The van der Waals surface area contributed by atoms with Crippen LogP contribution in [0.25, 0.3) is 0 Å². The molecular weight excluding hydrogens is 276 g/mol. The molecule has 3 N–H and O–H groups in total. The fraction of sp³-hybridized carbons (Fsp3) is 0.222. The van der Waals surface area contributed by atoms with Crippen molar-refractivity contribution >= 4 is 11.7 Å². The molecule has 114 valence electrons. The molecule has 0 saturated heterocycles. The molecule has 0 spiro atoms. The van der Waals surface area contributed by atoms with Crippen molar-refractivity contribution < 1.29 is 9.59 Å². The number of ketones is 1. The number of benzene rings is 2. The van der Waals surface area contributed by atoms with Crippen molar-refractivity contribution in [1.82, 2.24) is 5.32 Å². The standard InChI is InChI=1S/C18H20N2O2/c19-18(22)12-16(11-14-7-3-1-4-8-14)20-13-17(21)15-9-5-2-6-10-15/h1-10,16,20H,11-13H2,(H2,19,22)/t16-/m1/s1. The lowest BCUT2D eigenvalue weighted by Crippen LogP contribution is -2.38. The maximum absolute atomic E-state index is 12.1. The zero-order chi connectivity index (χ0) is 15.8. The van der Waals surface area contributed by atoms with Crippen LogP contribution in [0.5, 0.6) is 0 Å². The van der Waals surface area contributed by atoms with E-state index in [-0.39, 0.29) is 30.7 Å². The normalized spacial score (nSPS) is 11.8. The fourth-order valence-electron chi connectivity index (χ4n) is 2.32. The molecule has 2 aromatic rings. The topological polar surface area (TPSA) is 72.2 Å². The van der Waals surface area contributed by atoms with Crippen LogP contribution in [0.15, 0.2) is 60.7 Å². The molecule has 0 aromatic heterocycles. The molecule has 2 rings (SSSR count). The minimum Gasteiger partial charge on any atom is -0.370 e. The number of nitrogens with one attached hydrogen (secondary N) is 1. The summed E-state index contributed by atoms with van der Waals surface area (Å²) in [7, 11) is 0. The molecule has 0 unspecified atom stereocenters. The van der Waals surface area contributed by atoms with Gasteiger partial charge < -0.3 is 11.1 Å². The van der Waals surface area contributed by atoms with E-state index in [2.05, 4.69) is 5.32 Å². The van der Waals surface area contributed by atoms with Crippen molar-refractivity contribution in [1.29, 1.82) is 0 Å². The van der Waals surface area contributed by atoms with Crippen LogP contribution in [-0.2, 0) is 11.2 Å². The van der Waals surface area contributed by atoms with E-state index in [1.807, 2.05) is 48.5 Å². The van der Waals surface area contributed by atoms with Gasteiger partial charge in [0.1, 0.15) is 0 Å². The lowest BCUT2D eigenvalue weighted by molar-refractivity contribution is -0.118. The zero-order valence-corrected chi connectivity index (χ0v) is 12.4. The van der Waals surface area contributed by atoms with E-state index in [4.69, 9.17) is 5.73 Å². The number of rotatable bonds is 8. The molecule has 0 bridgehead atoms. The Hall–Kier alpha value is -2.46. The number of primary amides is 1. The van der Waals surface area contributed by atoms with Crippen LogP contribution in [0.3, 0.4) is 0 Å². The summed E-state index contributed by atoms with van der Waals surface area (Å²) >= 11 is 0. The molecule has 0 aliphatic rings. The second-order valence-electron chi connectivity index (χ2n) is 5.23. The number of nitrogens with two attached hydrogens (primary N) is 1. The summed E-state index contributed by atoms with van der Waals surface area (Å²) in [5, 5.41) is 3.15. The summed E-state index contributed by atoms with van der Waals surface area (Å²) in [5.41, 5.74) is 7.07.